The number of methoxy groups -OCH3 is 2. The number of rotatable bonds is 9. The van der Waals surface area contributed by atoms with Crippen LogP contribution in [0, 0.1) is 0 Å². The molecular formula is C24H29N3O4S2. The predicted octanol–water partition coefficient (Wildman–Crippen LogP) is 3.94. The van der Waals surface area contributed by atoms with Crippen molar-refractivity contribution in [2.24, 2.45) is 0 Å². The Morgan fingerprint density at radius 1 is 1.15 bits per heavy atom. The molecule has 0 bridgehead atoms. The van der Waals surface area contributed by atoms with Crippen LogP contribution in [0.25, 0.3) is 10.2 Å². The number of ether oxygens (including phenoxy) is 3. The van der Waals surface area contributed by atoms with Crippen LogP contribution in [-0.2, 0) is 16.0 Å². The van der Waals surface area contributed by atoms with Crippen molar-refractivity contribution in [3.8, 4) is 11.5 Å². The van der Waals surface area contributed by atoms with Crippen molar-refractivity contribution in [3.05, 3.63) is 42.0 Å². The van der Waals surface area contributed by atoms with Gasteiger partial charge in [0.05, 0.1) is 44.1 Å². The van der Waals surface area contributed by atoms with Crippen molar-refractivity contribution in [2.45, 2.75) is 11.3 Å². The minimum atomic E-state index is 0.0135. The van der Waals surface area contributed by atoms with Crippen LogP contribution < -0.4 is 14.4 Å². The van der Waals surface area contributed by atoms with Gasteiger partial charge in [0.25, 0.3) is 0 Å². The van der Waals surface area contributed by atoms with Gasteiger partial charge in [0.2, 0.25) is 5.91 Å². The fraction of sp³-hybridized carbons (Fsp3) is 0.417. The highest BCUT2D eigenvalue weighted by atomic mass is 32.2. The molecule has 2 aromatic carbocycles. The molecule has 4 rings (SSSR count). The van der Waals surface area contributed by atoms with Crippen molar-refractivity contribution < 1.29 is 19.0 Å². The monoisotopic (exact) mass is 487 g/mol. The van der Waals surface area contributed by atoms with E-state index in [1.165, 1.54) is 4.90 Å². The van der Waals surface area contributed by atoms with E-state index in [1.54, 1.807) is 37.3 Å². The van der Waals surface area contributed by atoms with Gasteiger partial charge < -0.3 is 14.2 Å². The molecule has 1 amide bonds. The number of carbonyl (C=O) groups is 1. The number of aromatic nitrogens is 1. The number of nitrogens with zero attached hydrogens (tertiary/aromatic N) is 3. The maximum absolute atomic E-state index is 13.5. The molecule has 7 nitrogen and oxygen atoms in total. The first-order valence-electron chi connectivity index (χ1n) is 10.9. The molecule has 0 atom stereocenters. The topological polar surface area (TPSA) is 64.1 Å². The number of morpholine rings is 1. The standard InChI is InChI=1S/C24H29N3O4S2/c1-29-20-7-4-17(14-21(20)30-2)15-23(28)27(9-8-26-10-12-31-13-11-26)24-25-19-6-5-18(32-3)16-22(19)33-24/h4-7,14,16H,8-13,15H2,1-3H3. The fourth-order valence-corrected chi connectivity index (χ4v) is 5.35. The third-order valence-corrected chi connectivity index (χ3v) is 7.43. The molecule has 33 heavy (non-hydrogen) atoms. The third kappa shape index (κ3) is 5.78. The average Bonchev–Trinajstić information content (AvgIpc) is 3.27. The summed E-state index contributed by atoms with van der Waals surface area (Å²) in [6.45, 7) is 4.61. The molecule has 3 aromatic rings. The summed E-state index contributed by atoms with van der Waals surface area (Å²) in [7, 11) is 3.20. The zero-order valence-corrected chi connectivity index (χ0v) is 20.8. The maximum Gasteiger partial charge on any atom is 0.233 e. The molecular weight excluding hydrogens is 458 g/mol. The molecule has 9 heteroatoms. The van der Waals surface area contributed by atoms with E-state index in [-0.39, 0.29) is 12.3 Å². The SMILES string of the molecule is COc1ccc(CC(=O)N(CCN2CCOCC2)c2nc3ccc(SC)cc3s2)cc1OC. The minimum absolute atomic E-state index is 0.0135. The van der Waals surface area contributed by atoms with Gasteiger partial charge in [-0.1, -0.05) is 17.4 Å². The molecule has 0 N–H and O–H groups in total. The van der Waals surface area contributed by atoms with Crippen LogP contribution in [0.15, 0.2) is 41.3 Å². The number of fused-ring (bicyclic) bond motifs is 1. The Labute approximate surface area is 202 Å². The maximum atomic E-state index is 13.5. The van der Waals surface area contributed by atoms with Crippen LogP contribution in [0.4, 0.5) is 5.13 Å². The first kappa shape index (κ1) is 23.8. The van der Waals surface area contributed by atoms with E-state index in [9.17, 15) is 4.79 Å². The number of thioether (sulfide) groups is 1. The van der Waals surface area contributed by atoms with Crippen molar-refractivity contribution in [2.75, 3.05) is 64.8 Å². The number of hydrogen-bond acceptors (Lipinski definition) is 8. The van der Waals surface area contributed by atoms with Crippen LogP contribution in [0.3, 0.4) is 0 Å². The van der Waals surface area contributed by atoms with E-state index in [0.717, 1.165) is 53.8 Å². The summed E-state index contributed by atoms with van der Waals surface area (Å²) in [5, 5.41) is 0.738. The summed E-state index contributed by atoms with van der Waals surface area (Å²) >= 11 is 3.27. The Morgan fingerprint density at radius 2 is 1.94 bits per heavy atom. The molecule has 0 unspecified atom stereocenters. The largest absolute Gasteiger partial charge is 0.493 e. The molecule has 0 aliphatic carbocycles. The highest BCUT2D eigenvalue weighted by molar-refractivity contribution is 7.98. The molecule has 1 aliphatic rings. The number of benzene rings is 2. The minimum Gasteiger partial charge on any atom is -0.493 e. The second-order valence-electron chi connectivity index (χ2n) is 7.70. The van der Waals surface area contributed by atoms with Crippen LogP contribution in [0.2, 0.25) is 0 Å². The molecule has 0 saturated carbocycles. The Morgan fingerprint density at radius 3 is 2.67 bits per heavy atom. The van der Waals surface area contributed by atoms with Crippen LogP contribution in [0.5, 0.6) is 11.5 Å². The van der Waals surface area contributed by atoms with Crippen molar-refractivity contribution in [1.82, 2.24) is 9.88 Å². The molecule has 1 aromatic heterocycles. The van der Waals surface area contributed by atoms with E-state index in [0.29, 0.717) is 18.0 Å². The van der Waals surface area contributed by atoms with E-state index < -0.39 is 0 Å². The second-order valence-corrected chi connectivity index (χ2v) is 9.58. The van der Waals surface area contributed by atoms with Gasteiger partial charge >= 0.3 is 0 Å². The number of hydrogen-bond donors (Lipinski definition) is 0. The van der Waals surface area contributed by atoms with E-state index >= 15 is 0 Å². The van der Waals surface area contributed by atoms with Crippen LogP contribution >= 0.6 is 23.1 Å². The van der Waals surface area contributed by atoms with Crippen molar-refractivity contribution in [3.63, 3.8) is 0 Å². The van der Waals surface area contributed by atoms with Crippen molar-refractivity contribution in [1.29, 1.82) is 0 Å². The molecule has 0 spiro atoms. The number of carbonyl (C=O) groups excluding carboxylic acids is 1. The quantitative estimate of drug-likeness (QED) is 0.424. The van der Waals surface area contributed by atoms with Gasteiger partial charge in [0, 0.05) is 31.1 Å². The molecule has 0 radical (unpaired) electrons. The van der Waals surface area contributed by atoms with Gasteiger partial charge in [-0.15, -0.1) is 11.8 Å². The second kappa shape index (κ2) is 11.2. The molecule has 2 heterocycles. The molecule has 1 saturated heterocycles. The summed E-state index contributed by atoms with van der Waals surface area (Å²) in [6, 6.07) is 11.8. The number of thiazole rings is 1. The average molecular weight is 488 g/mol. The Hall–Kier alpha value is -2.33. The lowest BCUT2D eigenvalue weighted by atomic mass is 10.1. The Balaban J connectivity index is 1.58. The summed E-state index contributed by atoms with van der Waals surface area (Å²) in [5.41, 5.74) is 1.79. The van der Waals surface area contributed by atoms with Crippen molar-refractivity contribution >= 4 is 44.4 Å². The Bertz CT molecular complexity index is 1100. The molecule has 1 fully saturated rings. The highest BCUT2D eigenvalue weighted by Gasteiger charge is 2.22. The van der Waals surface area contributed by atoms with E-state index in [4.69, 9.17) is 19.2 Å². The third-order valence-electron chi connectivity index (χ3n) is 5.66. The highest BCUT2D eigenvalue weighted by Crippen LogP contribution is 2.32. The zero-order valence-electron chi connectivity index (χ0n) is 19.2. The smallest absolute Gasteiger partial charge is 0.233 e. The lowest BCUT2D eigenvalue weighted by Gasteiger charge is -2.29. The van der Waals surface area contributed by atoms with Gasteiger partial charge in [-0.2, -0.15) is 0 Å². The van der Waals surface area contributed by atoms with Gasteiger partial charge in [-0.25, -0.2) is 4.98 Å². The summed E-state index contributed by atoms with van der Waals surface area (Å²) < 4.78 is 17.3. The van der Waals surface area contributed by atoms with Gasteiger partial charge in [0.1, 0.15) is 0 Å². The number of amides is 1. The molecule has 176 valence electrons. The van der Waals surface area contributed by atoms with E-state index in [1.807, 2.05) is 29.2 Å². The van der Waals surface area contributed by atoms with Gasteiger partial charge in [-0.05, 0) is 42.2 Å². The summed E-state index contributed by atoms with van der Waals surface area (Å²) in [4.78, 5) is 23.7. The normalized spacial score (nSPS) is 14.4. The predicted molar refractivity (Wildman–Crippen MR) is 134 cm³/mol. The first-order chi connectivity index (χ1) is 16.1. The summed E-state index contributed by atoms with van der Waals surface area (Å²) in [5.74, 6) is 1.28. The lowest BCUT2D eigenvalue weighted by molar-refractivity contribution is -0.118. The number of anilines is 1. The lowest BCUT2D eigenvalue weighted by Crippen LogP contribution is -2.43. The van der Waals surface area contributed by atoms with Crippen LogP contribution in [0.1, 0.15) is 5.56 Å². The Kier molecular flexibility index (Phi) is 8.08. The fourth-order valence-electron chi connectivity index (χ4n) is 3.79. The first-order valence-corrected chi connectivity index (χ1v) is 12.9. The van der Waals surface area contributed by atoms with Gasteiger partial charge in [0.15, 0.2) is 16.6 Å². The van der Waals surface area contributed by atoms with Crippen LogP contribution in [-0.4, -0.2) is 75.7 Å². The zero-order chi connectivity index (χ0) is 23.2. The van der Waals surface area contributed by atoms with E-state index in [2.05, 4.69) is 23.3 Å². The molecule has 1 aliphatic heterocycles. The summed E-state index contributed by atoms with van der Waals surface area (Å²) in [6.07, 6.45) is 2.32. The van der Waals surface area contributed by atoms with Gasteiger partial charge in [-0.3, -0.25) is 14.6 Å².